The fourth-order valence-corrected chi connectivity index (χ4v) is 4.95. The van der Waals surface area contributed by atoms with Crippen LogP contribution >= 0.6 is 0 Å². The molecular formula is C33H29F2N5O5. The molecule has 1 aliphatic rings. The maximum absolute atomic E-state index is 15.2. The lowest BCUT2D eigenvalue weighted by Gasteiger charge is -2.26. The smallest absolute Gasteiger partial charge is 0.261 e. The molecule has 1 amide bonds. The summed E-state index contributed by atoms with van der Waals surface area (Å²) in [4.78, 5) is 28.4. The molecule has 1 aliphatic heterocycles. The molecule has 6 rings (SSSR count). The first-order chi connectivity index (χ1) is 21.9. The molecule has 4 heterocycles. The minimum Gasteiger partial charge on any atom is -0.506 e. The van der Waals surface area contributed by atoms with Crippen LogP contribution in [0.5, 0.6) is 23.1 Å². The molecule has 0 aliphatic carbocycles. The normalized spacial score (nSPS) is 13.5. The molecule has 230 valence electrons. The van der Waals surface area contributed by atoms with Crippen molar-refractivity contribution in [3.63, 3.8) is 0 Å². The second kappa shape index (κ2) is 13.2. The topological polar surface area (TPSA) is 119 Å². The number of rotatable bonds is 9. The highest BCUT2D eigenvalue weighted by molar-refractivity contribution is 6.07. The Morgan fingerprint density at radius 2 is 1.82 bits per heavy atom. The van der Waals surface area contributed by atoms with E-state index in [1.165, 1.54) is 48.8 Å². The first-order valence-corrected chi connectivity index (χ1v) is 14.3. The summed E-state index contributed by atoms with van der Waals surface area (Å²) in [6, 6.07) is 14.5. The number of carbonyl (C=O) groups excluding carboxylic acids is 1. The van der Waals surface area contributed by atoms with Crippen LogP contribution in [0.4, 0.5) is 14.5 Å². The van der Waals surface area contributed by atoms with Crippen molar-refractivity contribution in [2.75, 3.05) is 44.8 Å². The van der Waals surface area contributed by atoms with Crippen molar-refractivity contribution in [3.8, 4) is 34.3 Å². The largest absolute Gasteiger partial charge is 0.506 e. The second-order valence-electron chi connectivity index (χ2n) is 10.3. The number of benzene rings is 2. The van der Waals surface area contributed by atoms with E-state index in [9.17, 15) is 14.3 Å². The number of aromatic nitrogens is 3. The number of hydrogen-bond donors (Lipinski definition) is 2. The molecule has 0 atom stereocenters. The third-order valence-electron chi connectivity index (χ3n) is 7.31. The van der Waals surface area contributed by atoms with Gasteiger partial charge in [0.05, 0.1) is 18.7 Å². The number of anilines is 1. The van der Waals surface area contributed by atoms with Crippen LogP contribution in [0.2, 0.25) is 0 Å². The Kier molecular flexibility index (Phi) is 8.76. The van der Waals surface area contributed by atoms with E-state index in [1.807, 2.05) is 0 Å². The summed E-state index contributed by atoms with van der Waals surface area (Å²) in [5.74, 6) is -1.64. The minimum atomic E-state index is -0.742. The van der Waals surface area contributed by atoms with Gasteiger partial charge >= 0.3 is 0 Å². The third kappa shape index (κ3) is 6.82. The van der Waals surface area contributed by atoms with E-state index in [2.05, 4.69) is 25.2 Å². The molecule has 0 bridgehead atoms. The number of aryl methyl sites for hydroxylation is 1. The minimum absolute atomic E-state index is 0.0978. The van der Waals surface area contributed by atoms with Crippen molar-refractivity contribution in [1.82, 2.24) is 19.9 Å². The number of fused-ring (bicyclic) bond motifs is 1. The summed E-state index contributed by atoms with van der Waals surface area (Å²) >= 11 is 0. The maximum atomic E-state index is 15.2. The van der Waals surface area contributed by atoms with Gasteiger partial charge in [0.15, 0.2) is 17.3 Å². The molecule has 2 aromatic carbocycles. The Morgan fingerprint density at radius 3 is 2.60 bits per heavy atom. The van der Waals surface area contributed by atoms with Gasteiger partial charge < -0.3 is 24.6 Å². The molecular weight excluding hydrogens is 584 g/mol. The number of halogens is 2. The number of pyridine rings is 3. The average Bonchev–Trinajstić information content (AvgIpc) is 3.04. The van der Waals surface area contributed by atoms with E-state index in [0.717, 1.165) is 25.7 Å². The summed E-state index contributed by atoms with van der Waals surface area (Å²) in [6.45, 7) is 5.97. The van der Waals surface area contributed by atoms with Gasteiger partial charge in [0.25, 0.3) is 5.91 Å². The predicted octanol–water partition coefficient (Wildman–Crippen LogP) is 5.74. The molecule has 0 saturated carbocycles. The molecule has 10 nitrogen and oxygen atoms in total. The van der Waals surface area contributed by atoms with Crippen molar-refractivity contribution >= 4 is 22.6 Å². The Balaban J connectivity index is 1.16. The lowest BCUT2D eigenvalue weighted by atomic mass is 10.0. The number of carbonyl (C=O) groups is 1. The number of ether oxygens (including phenoxy) is 3. The highest BCUT2D eigenvalue weighted by Gasteiger charge is 2.20. The number of morpholine rings is 1. The quantitative estimate of drug-likeness (QED) is 0.215. The van der Waals surface area contributed by atoms with Gasteiger partial charge in [-0.3, -0.25) is 19.7 Å². The maximum Gasteiger partial charge on any atom is 0.261 e. The molecule has 1 saturated heterocycles. The van der Waals surface area contributed by atoms with Gasteiger partial charge in [-0.1, -0.05) is 12.1 Å². The van der Waals surface area contributed by atoms with Gasteiger partial charge in [-0.05, 0) is 42.8 Å². The first-order valence-electron chi connectivity index (χ1n) is 14.3. The molecule has 45 heavy (non-hydrogen) atoms. The molecule has 0 spiro atoms. The molecule has 0 radical (unpaired) electrons. The monoisotopic (exact) mass is 613 g/mol. The van der Waals surface area contributed by atoms with Crippen molar-refractivity contribution in [1.29, 1.82) is 0 Å². The van der Waals surface area contributed by atoms with Crippen LogP contribution < -0.4 is 14.8 Å². The molecule has 12 heteroatoms. The van der Waals surface area contributed by atoms with Gasteiger partial charge in [-0.15, -0.1) is 0 Å². The molecule has 0 unspecified atom stereocenters. The van der Waals surface area contributed by atoms with Crippen molar-refractivity contribution < 1.29 is 32.9 Å². The van der Waals surface area contributed by atoms with Crippen LogP contribution in [0.3, 0.4) is 0 Å². The average molecular weight is 614 g/mol. The number of nitrogens with one attached hydrogen (secondary N) is 1. The van der Waals surface area contributed by atoms with Crippen LogP contribution in [-0.4, -0.2) is 70.3 Å². The van der Waals surface area contributed by atoms with E-state index >= 15 is 4.39 Å². The van der Waals surface area contributed by atoms with Gasteiger partial charge in [0, 0.05) is 67.2 Å². The Morgan fingerprint density at radius 1 is 1.02 bits per heavy atom. The SMILES string of the molecule is Cc1ncc(C(=O)Nc2ccc(Oc3ccnc4ccc(OCCN5CCOCC5)nc34)c(F)c2)c(O)c1-c1ccc(F)cc1. The zero-order valence-corrected chi connectivity index (χ0v) is 24.3. The van der Waals surface area contributed by atoms with Crippen LogP contribution in [0, 0.1) is 18.6 Å². The molecule has 2 N–H and O–H groups in total. The zero-order chi connectivity index (χ0) is 31.3. The lowest BCUT2D eigenvalue weighted by Crippen LogP contribution is -2.38. The standard InChI is InChI=1S/C33H29F2N5O5/c1-20-30(21-2-4-22(34)5-3-21)32(41)24(19-37-20)33(42)38-23-6-8-27(25(35)18-23)45-28-10-11-36-26-7-9-29(39-31(26)28)44-17-14-40-12-15-43-16-13-40/h2-11,18-19H,12-17H2,1H3,(H,37,41)(H,38,42). The Hall–Kier alpha value is -5.20. The van der Waals surface area contributed by atoms with Gasteiger partial charge in [-0.2, -0.15) is 0 Å². The zero-order valence-electron chi connectivity index (χ0n) is 24.3. The first kappa shape index (κ1) is 29.9. The van der Waals surface area contributed by atoms with Crippen molar-refractivity contribution in [2.24, 2.45) is 0 Å². The second-order valence-corrected chi connectivity index (χ2v) is 10.3. The summed E-state index contributed by atoms with van der Waals surface area (Å²) in [5.41, 5.74) is 2.18. The number of hydrogen-bond acceptors (Lipinski definition) is 9. The van der Waals surface area contributed by atoms with E-state index < -0.39 is 17.5 Å². The number of aromatic hydroxyl groups is 1. The van der Waals surface area contributed by atoms with Crippen LogP contribution in [0.1, 0.15) is 16.1 Å². The van der Waals surface area contributed by atoms with Crippen LogP contribution in [0.25, 0.3) is 22.2 Å². The van der Waals surface area contributed by atoms with Gasteiger partial charge in [0.2, 0.25) is 5.88 Å². The molecule has 5 aromatic rings. The van der Waals surface area contributed by atoms with E-state index in [0.29, 0.717) is 53.6 Å². The van der Waals surface area contributed by atoms with Crippen molar-refractivity contribution in [2.45, 2.75) is 6.92 Å². The van der Waals surface area contributed by atoms with Gasteiger partial charge in [-0.25, -0.2) is 13.8 Å². The number of nitrogens with zero attached hydrogens (tertiary/aromatic N) is 4. The predicted molar refractivity (Wildman–Crippen MR) is 163 cm³/mol. The summed E-state index contributed by atoms with van der Waals surface area (Å²) in [7, 11) is 0. The van der Waals surface area contributed by atoms with E-state index in [-0.39, 0.29) is 28.5 Å². The number of amides is 1. The van der Waals surface area contributed by atoms with E-state index in [1.54, 1.807) is 25.1 Å². The molecule has 1 fully saturated rings. The fraction of sp³-hybridized carbons (Fsp3) is 0.212. The Labute approximate surface area is 257 Å². The summed E-state index contributed by atoms with van der Waals surface area (Å²) < 4.78 is 45.8. The van der Waals surface area contributed by atoms with E-state index in [4.69, 9.17) is 14.2 Å². The van der Waals surface area contributed by atoms with Crippen LogP contribution in [-0.2, 0) is 4.74 Å². The Bertz CT molecular complexity index is 1850. The lowest BCUT2D eigenvalue weighted by molar-refractivity contribution is 0.0320. The summed E-state index contributed by atoms with van der Waals surface area (Å²) in [6.07, 6.45) is 2.76. The van der Waals surface area contributed by atoms with Gasteiger partial charge in [0.1, 0.15) is 29.3 Å². The molecule has 3 aromatic heterocycles. The summed E-state index contributed by atoms with van der Waals surface area (Å²) in [5, 5.41) is 13.5. The van der Waals surface area contributed by atoms with Crippen molar-refractivity contribution in [3.05, 3.63) is 95.9 Å². The van der Waals surface area contributed by atoms with Crippen LogP contribution in [0.15, 0.2) is 73.1 Å². The fourth-order valence-electron chi connectivity index (χ4n) is 4.95. The highest BCUT2D eigenvalue weighted by Crippen LogP contribution is 2.35. The third-order valence-corrected chi connectivity index (χ3v) is 7.31. The highest BCUT2D eigenvalue weighted by atomic mass is 19.1.